The number of anilines is 1. The average molecular weight is 361 g/mol. The lowest BCUT2D eigenvalue weighted by Gasteiger charge is -2.28. The van der Waals surface area contributed by atoms with E-state index in [1.807, 2.05) is 0 Å². The minimum absolute atomic E-state index is 0.0832. The predicted octanol–water partition coefficient (Wildman–Crippen LogP) is 1.76. The monoisotopic (exact) mass is 360 g/mol. The van der Waals surface area contributed by atoms with Gasteiger partial charge < -0.3 is 24.7 Å². The van der Waals surface area contributed by atoms with E-state index >= 15 is 0 Å². The van der Waals surface area contributed by atoms with Gasteiger partial charge in [0.15, 0.2) is 17.5 Å². The number of nitrogens with zero attached hydrogens (tertiary/aromatic N) is 2. The zero-order valence-electron chi connectivity index (χ0n) is 14.4. The third-order valence-electron chi connectivity index (χ3n) is 3.33. The Kier molecular flexibility index (Phi) is 6.35. The number of guanidine groups is 1. The summed E-state index contributed by atoms with van der Waals surface area (Å²) in [5.41, 5.74) is 5.53. The molecule has 0 saturated heterocycles. The molecule has 9 nitrogen and oxygen atoms in total. The van der Waals surface area contributed by atoms with E-state index in [-0.39, 0.29) is 33.7 Å². The summed E-state index contributed by atoms with van der Waals surface area (Å²) in [6.07, 6.45) is 0. The van der Waals surface area contributed by atoms with Gasteiger partial charge in [-0.05, 0) is 0 Å². The minimum Gasteiger partial charge on any atom is -0.491 e. The van der Waals surface area contributed by atoms with E-state index in [1.165, 1.54) is 47.4 Å². The average Bonchev–Trinajstić information content (AvgIpc) is 2.57. The first-order valence-corrected chi connectivity index (χ1v) is 7.05. The van der Waals surface area contributed by atoms with Crippen LogP contribution in [0.1, 0.15) is 0 Å². The van der Waals surface area contributed by atoms with Crippen molar-refractivity contribution in [2.24, 2.45) is 5.73 Å². The van der Waals surface area contributed by atoms with Gasteiger partial charge in [-0.1, -0.05) is 11.6 Å². The van der Waals surface area contributed by atoms with Crippen LogP contribution in [0.25, 0.3) is 0 Å². The topological polar surface area (TPSA) is 110 Å². The summed E-state index contributed by atoms with van der Waals surface area (Å²) >= 11 is 6.39. The van der Waals surface area contributed by atoms with Gasteiger partial charge in [-0.15, -0.1) is 0 Å². The molecule has 3 N–H and O–H groups in total. The number of benzene rings is 1. The molecule has 0 aliphatic heterocycles. The summed E-state index contributed by atoms with van der Waals surface area (Å²) in [5, 5.41) is 7.47. The van der Waals surface area contributed by atoms with Crippen molar-refractivity contribution in [1.29, 1.82) is 5.41 Å². The molecule has 0 radical (unpaired) electrons. The van der Waals surface area contributed by atoms with Crippen LogP contribution in [-0.4, -0.2) is 59.4 Å². The number of ether oxygens (including phenoxy) is 4. The third kappa shape index (κ3) is 3.21. The number of rotatable bonds is 5. The van der Waals surface area contributed by atoms with Crippen LogP contribution in [0.4, 0.5) is 10.5 Å². The van der Waals surface area contributed by atoms with Gasteiger partial charge >= 0.3 is 6.03 Å². The molecule has 0 aliphatic rings. The normalized spacial score (nSPS) is 9.96. The number of hydrogen-bond acceptors (Lipinski definition) is 6. The zero-order chi connectivity index (χ0) is 18.6. The molecule has 0 atom stereocenters. The van der Waals surface area contributed by atoms with Crippen molar-refractivity contribution in [3.8, 4) is 23.0 Å². The fraction of sp³-hybridized carbons (Fsp3) is 0.429. The fourth-order valence-corrected chi connectivity index (χ4v) is 2.46. The first-order valence-electron chi connectivity index (χ1n) is 6.67. The lowest BCUT2D eigenvalue weighted by molar-refractivity contribution is 0.233. The predicted molar refractivity (Wildman–Crippen MR) is 91.1 cm³/mol. The molecule has 0 aromatic heterocycles. The minimum atomic E-state index is -0.600. The van der Waals surface area contributed by atoms with E-state index in [2.05, 4.69) is 0 Å². The molecule has 1 rings (SSSR count). The number of hydrogen-bond donors (Lipinski definition) is 2. The Bertz CT molecular complexity index is 653. The quantitative estimate of drug-likeness (QED) is 0.611. The molecule has 0 aliphatic carbocycles. The Balaban J connectivity index is 3.68. The van der Waals surface area contributed by atoms with E-state index in [0.29, 0.717) is 0 Å². The van der Waals surface area contributed by atoms with Gasteiger partial charge in [-0.3, -0.25) is 15.2 Å². The number of urea groups is 1. The molecule has 0 spiro atoms. The maximum atomic E-state index is 12.5. The highest BCUT2D eigenvalue weighted by Gasteiger charge is 2.31. The maximum absolute atomic E-state index is 12.5. The van der Waals surface area contributed by atoms with Crippen molar-refractivity contribution in [1.82, 2.24) is 4.90 Å². The van der Waals surface area contributed by atoms with Crippen LogP contribution in [0.5, 0.6) is 23.0 Å². The molecule has 0 saturated carbocycles. The number of carbonyl (C=O) groups is 1. The fourth-order valence-electron chi connectivity index (χ4n) is 2.09. The number of nitrogens with two attached hydrogens (primary N) is 1. The van der Waals surface area contributed by atoms with E-state index in [0.717, 1.165) is 4.90 Å². The summed E-state index contributed by atoms with van der Waals surface area (Å²) in [6, 6.07) is -0.600. The Morgan fingerprint density at radius 2 is 1.38 bits per heavy atom. The van der Waals surface area contributed by atoms with Crippen LogP contribution < -0.4 is 29.6 Å². The lowest BCUT2D eigenvalue weighted by Crippen LogP contribution is -2.45. The molecular weight excluding hydrogens is 340 g/mol. The molecule has 1 aromatic carbocycles. The number of amides is 2. The Morgan fingerprint density at radius 3 is 1.75 bits per heavy atom. The van der Waals surface area contributed by atoms with Gasteiger partial charge in [-0.25, -0.2) is 4.79 Å². The summed E-state index contributed by atoms with van der Waals surface area (Å²) in [7, 11) is 8.46. The van der Waals surface area contributed by atoms with Gasteiger partial charge in [0, 0.05) is 14.1 Å². The van der Waals surface area contributed by atoms with E-state index < -0.39 is 12.0 Å². The molecule has 24 heavy (non-hydrogen) atoms. The summed E-state index contributed by atoms with van der Waals surface area (Å²) in [6.45, 7) is 0. The molecule has 1 aromatic rings. The zero-order valence-corrected chi connectivity index (χ0v) is 15.1. The molecule has 10 heteroatoms. The Hall–Kier alpha value is -2.55. The third-order valence-corrected chi connectivity index (χ3v) is 3.68. The van der Waals surface area contributed by atoms with E-state index in [1.54, 1.807) is 0 Å². The molecule has 2 amide bonds. The van der Waals surface area contributed by atoms with Gasteiger partial charge in [0.2, 0.25) is 11.5 Å². The van der Waals surface area contributed by atoms with Gasteiger partial charge in [0.05, 0.1) is 28.4 Å². The summed E-state index contributed by atoms with van der Waals surface area (Å²) in [4.78, 5) is 14.6. The van der Waals surface area contributed by atoms with Gasteiger partial charge in [-0.2, -0.15) is 0 Å². The second-order valence-corrected chi connectivity index (χ2v) is 4.96. The second kappa shape index (κ2) is 7.82. The number of methoxy groups -OCH3 is 4. The largest absolute Gasteiger partial charge is 0.491 e. The van der Waals surface area contributed by atoms with Crippen molar-refractivity contribution in [3.05, 3.63) is 5.02 Å². The van der Waals surface area contributed by atoms with Crippen LogP contribution in [0.2, 0.25) is 5.02 Å². The van der Waals surface area contributed by atoms with Gasteiger partial charge in [0.1, 0.15) is 10.7 Å². The number of halogens is 1. The summed E-state index contributed by atoms with van der Waals surface area (Å²) in [5.74, 6) is 0.368. The van der Waals surface area contributed by atoms with Crippen LogP contribution in [0.15, 0.2) is 0 Å². The van der Waals surface area contributed by atoms with E-state index in [9.17, 15) is 4.79 Å². The second-order valence-electron chi connectivity index (χ2n) is 4.58. The van der Waals surface area contributed by atoms with Crippen LogP contribution >= 0.6 is 11.6 Å². The highest BCUT2D eigenvalue weighted by molar-refractivity contribution is 6.36. The van der Waals surface area contributed by atoms with Gasteiger partial charge in [0.25, 0.3) is 0 Å². The lowest BCUT2D eigenvalue weighted by atomic mass is 10.2. The molecular formula is C14H21ClN4O5. The SMILES string of the molecule is COc1c(Cl)c(N(C)C(=O)N(C)C(=N)N)c(OC)c(OC)c1OC. The number of nitrogens with one attached hydrogen (secondary N) is 1. The van der Waals surface area contributed by atoms with Crippen LogP contribution in [-0.2, 0) is 0 Å². The summed E-state index contributed by atoms with van der Waals surface area (Å²) < 4.78 is 21.2. The molecule has 0 bridgehead atoms. The Labute approximate surface area is 145 Å². The Morgan fingerprint density at radius 1 is 0.958 bits per heavy atom. The van der Waals surface area contributed by atoms with Crippen LogP contribution in [0.3, 0.4) is 0 Å². The van der Waals surface area contributed by atoms with E-state index in [4.69, 9.17) is 41.7 Å². The molecule has 0 unspecified atom stereocenters. The van der Waals surface area contributed by atoms with Crippen molar-refractivity contribution in [3.63, 3.8) is 0 Å². The molecule has 0 heterocycles. The molecule has 0 fully saturated rings. The molecule has 134 valence electrons. The van der Waals surface area contributed by atoms with Crippen molar-refractivity contribution in [2.45, 2.75) is 0 Å². The standard InChI is InChI=1S/C14H21ClN4O5/c1-18(14(20)19(2)13(16)17)8-7(15)9(21-3)11(23-5)12(24-6)10(8)22-4/h1-6H3,(H3,16,17). The van der Waals surface area contributed by atoms with Crippen molar-refractivity contribution < 1.29 is 23.7 Å². The number of carbonyl (C=O) groups excluding carboxylic acids is 1. The first kappa shape index (κ1) is 19.5. The maximum Gasteiger partial charge on any atom is 0.330 e. The first-order chi connectivity index (χ1) is 11.3. The van der Waals surface area contributed by atoms with Crippen LogP contribution in [0, 0.1) is 5.41 Å². The van der Waals surface area contributed by atoms with Crippen molar-refractivity contribution >= 4 is 29.3 Å². The van der Waals surface area contributed by atoms with Crippen molar-refractivity contribution in [2.75, 3.05) is 47.4 Å². The smallest absolute Gasteiger partial charge is 0.330 e. The highest BCUT2D eigenvalue weighted by Crippen LogP contribution is 2.55. The highest BCUT2D eigenvalue weighted by atomic mass is 35.5.